The maximum atomic E-state index is 10.7. The monoisotopic (exact) mass is 234 g/mol. The van der Waals surface area contributed by atoms with Crippen molar-refractivity contribution < 1.29 is 14.6 Å². The summed E-state index contributed by atoms with van der Waals surface area (Å²) in [5.41, 5.74) is 1.36. The van der Waals surface area contributed by atoms with Crippen LogP contribution in [0.2, 0.25) is 0 Å². The van der Waals surface area contributed by atoms with Crippen molar-refractivity contribution in [3.8, 4) is 5.75 Å². The Morgan fingerprint density at radius 2 is 2.00 bits per heavy atom. The molecule has 0 radical (unpaired) electrons. The lowest BCUT2D eigenvalue weighted by Crippen LogP contribution is -2.34. The highest BCUT2D eigenvalue weighted by atomic mass is 16.5. The fourth-order valence-electron chi connectivity index (χ4n) is 2.58. The van der Waals surface area contributed by atoms with Gasteiger partial charge in [-0.15, -0.1) is 0 Å². The number of methoxy groups -OCH3 is 1. The van der Waals surface area contributed by atoms with E-state index < -0.39 is 5.97 Å². The number of hydrogen-bond acceptors (Lipinski definition) is 2. The van der Waals surface area contributed by atoms with E-state index in [1.54, 1.807) is 7.11 Å². The van der Waals surface area contributed by atoms with Gasteiger partial charge in [-0.2, -0.15) is 0 Å². The molecule has 2 rings (SSSR count). The lowest BCUT2D eigenvalue weighted by molar-refractivity contribution is -0.137. The van der Waals surface area contributed by atoms with E-state index in [-0.39, 0.29) is 11.8 Å². The number of carboxylic acids is 1. The quantitative estimate of drug-likeness (QED) is 0.852. The molecule has 92 valence electrons. The van der Waals surface area contributed by atoms with Gasteiger partial charge in [0.2, 0.25) is 0 Å². The van der Waals surface area contributed by atoms with Crippen LogP contribution in [-0.2, 0) is 10.2 Å². The van der Waals surface area contributed by atoms with Crippen molar-refractivity contribution in [2.45, 2.75) is 37.5 Å². The van der Waals surface area contributed by atoms with Crippen LogP contribution in [0.1, 0.15) is 37.7 Å². The molecule has 3 nitrogen and oxygen atoms in total. The summed E-state index contributed by atoms with van der Waals surface area (Å²) in [6.45, 7) is 0. The maximum Gasteiger partial charge on any atom is 0.303 e. The average molecular weight is 234 g/mol. The van der Waals surface area contributed by atoms with E-state index in [2.05, 4.69) is 12.1 Å². The van der Waals surface area contributed by atoms with E-state index >= 15 is 0 Å². The molecule has 1 aliphatic rings. The fourth-order valence-corrected chi connectivity index (χ4v) is 2.58. The van der Waals surface area contributed by atoms with E-state index in [4.69, 9.17) is 9.84 Å². The van der Waals surface area contributed by atoms with Crippen LogP contribution in [0.25, 0.3) is 0 Å². The summed E-state index contributed by atoms with van der Waals surface area (Å²) in [5.74, 6) is 0.145. The summed E-state index contributed by atoms with van der Waals surface area (Å²) in [6.07, 6.45) is 4.41. The van der Waals surface area contributed by atoms with Gasteiger partial charge in [0.05, 0.1) is 7.11 Å². The molecule has 0 spiro atoms. The Labute approximate surface area is 101 Å². The van der Waals surface area contributed by atoms with Gasteiger partial charge in [-0.25, -0.2) is 0 Å². The highest BCUT2D eigenvalue weighted by Gasteiger charge is 2.38. The molecule has 0 aliphatic heterocycles. The summed E-state index contributed by atoms with van der Waals surface area (Å²) in [7, 11) is 1.65. The van der Waals surface area contributed by atoms with E-state index in [1.807, 2.05) is 12.1 Å². The molecule has 0 atom stereocenters. The summed E-state index contributed by atoms with van der Waals surface area (Å²) in [6, 6.07) is 8.05. The van der Waals surface area contributed by atoms with Crippen molar-refractivity contribution >= 4 is 5.97 Å². The standard InChI is InChI=1S/C14H18O3/c1-17-12-5-3-11(4-6-12)14(8-2-9-14)10-7-13(15)16/h3-6H,2,7-10H2,1H3,(H,15,16). The molecule has 3 heteroatoms. The van der Waals surface area contributed by atoms with Crippen molar-refractivity contribution in [1.82, 2.24) is 0 Å². The average Bonchev–Trinajstić information content (AvgIpc) is 2.28. The van der Waals surface area contributed by atoms with E-state index in [0.717, 1.165) is 25.0 Å². The molecule has 1 aliphatic carbocycles. The van der Waals surface area contributed by atoms with Gasteiger partial charge in [0.25, 0.3) is 0 Å². The molecule has 1 saturated carbocycles. The van der Waals surface area contributed by atoms with Gasteiger partial charge in [-0.3, -0.25) is 4.79 Å². The van der Waals surface area contributed by atoms with Crippen LogP contribution in [-0.4, -0.2) is 18.2 Å². The second-order valence-corrected chi connectivity index (χ2v) is 4.76. The van der Waals surface area contributed by atoms with Crippen LogP contribution in [0.3, 0.4) is 0 Å². The van der Waals surface area contributed by atoms with Gasteiger partial charge < -0.3 is 9.84 Å². The lowest BCUT2D eigenvalue weighted by Gasteiger charge is -2.42. The zero-order chi connectivity index (χ0) is 12.3. The van der Waals surface area contributed by atoms with Crippen molar-refractivity contribution in [3.05, 3.63) is 29.8 Å². The van der Waals surface area contributed by atoms with Crippen molar-refractivity contribution in [3.63, 3.8) is 0 Å². The highest BCUT2D eigenvalue weighted by Crippen LogP contribution is 2.47. The molecule has 1 fully saturated rings. The highest BCUT2D eigenvalue weighted by molar-refractivity contribution is 5.67. The Morgan fingerprint density at radius 3 is 2.41 bits per heavy atom. The predicted octanol–water partition coefficient (Wildman–Crippen LogP) is 2.98. The summed E-state index contributed by atoms with van der Waals surface area (Å²) in [5, 5.41) is 8.81. The Morgan fingerprint density at radius 1 is 1.35 bits per heavy atom. The molecule has 0 aromatic heterocycles. The Kier molecular flexibility index (Phi) is 3.36. The Hall–Kier alpha value is -1.51. The molecular weight excluding hydrogens is 216 g/mol. The van der Waals surface area contributed by atoms with E-state index in [0.29, 0.717) is 0 Å². The largest absolute Gasteiger partial charge is 0.497 e. The zero-order valence-corrected chi connectivity index (χ0v) is 10.1. The van der Waals surface area contributed by atoms with Crippen LogP contribution in [0.15, 0.2) is 24.3 Å². The first-order valence-electron chi connectivity index (χ1n) is 6.03. The first-order valence-corrected chi connectivity index (χ1v) is 6.03. The first kappa shape index (κ1) is 12.0. The Balaban J connectivity index is 2.13. The van der Waals surface area contributed by atoms with Crippen LogP contribution in [0.4, 0.5) is 0 Å². The summed E-state index contributed by atoms with van der Waals surface area (Å²) >= 11 is 0. The van der Waals surface area contributed by atoms with E-state index in [9.17, 15) is 4.79 Å². The van der Waals surface area contributed by atoms with Crippen molar-refractivity contribution in [2.24, 2.45) is 0 Å². The molecule has 0 unspecified atom stereocenters. The van der Waals surface area contributed by atoms with Crippen molar-refractivity contribution in [2.75, 3.05) is 7.11 Å². The molecule has 0 saturated heterocycles. The summed E-state index contributed by atoms with van der Waals surface area (Å²) in [4.78, 5) is 10.7. The normalized spacial score (nSPS) is 17.2. The number of aliphatic carboxylic acids is 1. The molecule has 1 aromatic carbocycles. The fraction of sp³-hybridized carbons (Fsp3) is 0.500. The third-order valence-electron chi connectivity index (χ3n) is 3.83. The molecule has 1 aromatic rings. The lowest BCUT2D eigenvalue weighted by atomic mass is 9.62. The third-order valence-corrected chi connectivity index (χ3v) is 3.83. The molecular formula is C14H18O3. The molecule has 1 N–H and O–H groups in total. The zero-order valence-electron chi connectivity index (χ0n) is 10.1. The topological polar surface area (TPSA) is 46.5 Å². The number of benzene rings is 1. The third kappa shape index (κ3) is 2.43. The molecule has 0 bridgehead atoms. The van der Waals surface area contributed by atoms with Gasteiger partial charge >= 0.3 is 5.97 Å². The van der Waals surface area contributed by atoms with Gasteiger partial charge in [-0.1, -0.05) is 18.6 Å². The van der Waals surface area contributed by atoms with Gasteiger partial charge in [0.1, 0.15) is 5.75 Å². The minimum atomic E-state index is -0.704. The Bertz CT molecular complexity index is 390. The summed E-state index contributed by atoms with van der Waals surface area (Å²) < 4.78 is 5.14. The minimum Gasteiger partial charge on any atom is -0.497 e. The van der Waals surface area contributed by atoms with Gasteiger partial charge in [0.15, 0.2) is 0 Å². The second-order valence-electron chi connectivity index (χ2n) is 4.76. The number of carboxylic acid groups (broad SMARTS) is 1. The van der Waals surface area contributed by atoms with Crippen LogP contribution in [0.5, 0.6) is 5.75 Å². The maximum absolute atomic E-state index is 10.7. The second kappa shape index (κ2) is 4.78. The van der Waals surface area contributed by atoms with E-state index in [1.165, 1.54) is 12.0 Å². The van der Waals surface area contributed by atoms with Crippen molar-refractivity contribution in [1.29, 1.82) is 0 Å². The van der Waals surface area contributed by atoms with Gasteiger partial charge in [-0.05, 0) is 42.4 Å². The first-order chi connectivity index (χ1) is 8.16. The van der Waals surface area contributed by atoms with Crippen LogP contribution in [0, 0.1) is 0 Å². The number of hydrogen-bond donors (Lipinski definition) is 1. The number of ether oxygens (including phenoxy) is 1. The van der Waals surface area contributed by atoms with Crippen LogP contribution < -0.4 is 4.74 Å². The number of carbonyl (C=O) groups is 1. The minimum absolute atomic E-state index is 0.102. The predicted molar refractivity (Wildman–Crippen MR) is 65.4 cm³/mol. The molecule has 0 heterocycles. The number of rotatable bonds is 5. The molecule has 0 amide bonds. The molecule has 17 heavy (non-hydrogen) atoms. The van der Waals surface area contributed by atoms with Gasteiger partial charge in [0, 0.05) is 6.42 Å². The SMILES string of the molecule is COc1ccc(C2(CCC(=O)O)CCC2)cc1. The van der Waals surface area contributed by atoms with Crippen LogP contribution >= 0.6 is 0 Å². The smallest absolute Gasteiger partial charge is 0.303 e.